The molecule has 18 heavy (non-hydrogen) atoms. The minimum Gasteiger partial charge on any atom is -0.344 e. The molecule has 0 radical (unpaired) electrons. The van der Waals surface area contributed by atoms with E-state index in [-0.39, 0.29) is 0 Å². The van der Waals surface area contributed by atoms with Crippen molar-refractivity contribution in [2.45, 2.75) is 50.5 Å². The van der Waals surface area contributed by atoms with Gasteiger partial charge < -0.3 is 10.2 Å². The molecule has 0 bridgehead atoms. The maximum absolute atomic E-state index is 4.77. The van der Waals surface area contributed by atoms with E-state index in [1.807, 2.05) is 7.05 Å². The van der Waals surface area contributed by atoms with Crippen molar-refractivity contribution >= 4 is 16.7 Å². The average molecular weight is 266 g/mol. The summed E-state index contributed by atoms with van der Waals surface area (Å²) < 4.78 is 4.54. The van der Waals surface area contributed by atoms with E-state index in [1.165, 1.54) is 38.5 Å². The van der Waals surface area contributed by atoms with Crippen LogP contribution in [0.4, 0.5) is 5.13 Å². The molecule has 0 amide bonds. The van der Waals surface area contributed by atoms with Gasteiger partial charge in [-0.3, -0.25) is 0 Å². The number of nitrogens with zero attached hydrogens (tertiary/aromatic N) is 3. The van der Waals surface area contributed by atoms with E-state index in [2.05, 4.69) is 14.6 Å². The van der Waals surface area contributed by atoms with Gasteiger partial charge in [-0.1, -0.05) is 0 Å². The summed E-state index contributed by atoms with van der Waals surface area (Å²) in [6.07, 6.45) is 7.77. The third kappa shape index (κ3) is 2.67. The summed E-state index contributed by atoms with van der Waals surface area (Å²) in [6.45, 7) is 2.25. The smallest absolute Gasteiger partial charge is 0.205 e. The van der Waals surface area contributed by atoms with Gasteiger partial charge in [0, 0.05) is 30.0 Å². The first-order valence-electron chi connectivity index (χ1n) is 7.13. The zero-order chi connectivity index (χ0) is 12.4. The van der Waals surface area contributed by atoms with E-state index < -0.39 is 0 Å². The maximum atomic E-state index is 4.77. The molecular weight excluding hydrogens is 244 g/mol. The minimum absolute atomic E-state index is 0.659. The van der Waals surface area contributed by atoms with E-state index in [0.29, 0.717) is 12.0 Å². The Morgan fingerprint density at radius 2 is 2.22 bits per heavy atom. The Balaban J connectivity index is 1.69. The van der Waals surface area contributed by atoms with Gasteiger partial charge in [0.25, 0.3) is 0 Å². The number of anilines is 1. The minimum atomic E-state index is 0.659. The summed E-state index contributed by atoms with van der Waals surface area (Å²) in [5, 5.41) is 4.43. The number of aromatic nitrogens is 2. The van der Waals surface area contributed by atoms with E-state index in [9.17, 15) is 0 Å². The highest BCUT2D eigenvalue weighted by Gasteiger charge is 2.30. The van der Waals surface area contributed by atoms with Gasteiger partial charge in [-0.05, 0) is 52.1 Å². The van der Waals surface area contributed by atoms with Crippen LogP contribution in [0.25, 0.3) is 0 Å². The standard InChI is InChI=1S/C13H22N4S/c1-14-8-7-11-4-2-3-9-17(11)13-15-12(16-18-13)10-5-6-10/h10-11,14H,2-9H2,1H3. The average Bonchev–Trinajstić information content (AvgIpc) is 3.15. The van der Waals surface area contributed by atoms with Crippen LogP contribution in [0.5, 0.6) is 0 Å². The third-order valence-corrected chi connectivity index (χ3v) is 4.74. The normalized spacial score (nSPS) is 24.5. The molecule has 0 aromatic carbocycles. The van der Waals surface area contributed by atoms with Crippen LogP contribution < -0.4 is 10.2 Å². The quantitative estimate of drug-likeness (QED) is 0.888. The van der Waals surface area contributed by atoms with Crippen LogP contribution in [0.1, 0.15) is 50.3 Å². The lowest BCUT2D eigenvalue weighted by Crippen LogP contribution is -2.41. The molecule has 2 heterocycles. The summed E-state index contributed by atoms with van der Waals surface area (Å²) in [4.78, 5) is 7.27. The number of hydrogen-bond donors (Lipinski definition) is 1. The van der Waals surface area contributed by atoms with Crippen molar-refractivity contribution in [2.24, 2.45) is 0 Å². The fourth-order valence-electron chi connectivity index (χ4n) is 2.71. The molecule has 1 atom stereocenters. The van der Waals surface area contributed by atoms with E-state index in [1.54, 1.807) is 11.5 Å². The second kappa shape index (κ2) is 5.53. The van der Waals surface area contributed by atoms with Crippen LogP contribution in [0.2, 0.25) is 0 Å². The van der Waals surface area contributed by atoms with Crippen molar-refractivity contribution in [3.8, 4) is 0 Å². The van der Waals surface area contributed by atoms with Crippen LogP contribution in [-0.2, 0) is 0 Å². The highest BCUT2D eigenvalue weighted by molar-refractivity contribution is 7.09. The highest BCUT2D eigenvalue weighted by atomic mass is 32.1. The summed E-state index contributed by atoms with van der Waals surface area (Å²) >= 11 is 1.61. The predicted molar refractivity (Wildman–Crippen MR) is 75.4 cm³/mol. The van der Waals surface area contributed by atoms with Gasteiger partial charge in [-0.2, -0.15) is 4.37 Å². The van der Waals surface area contributed by atoms with Crippen molar-refractivity contribution in [2.75, 3.05) is 25.0 Å². The fourth-order valence-corrected chi connectivity index (χ4v) is 3.56. The molecule has 0 spiro atoms. The molecule has 1 saturated carbocycles. The van der Waals surface area contributed by atoms with Crippen LogP contribution >= 0.6 is 11.5 Å². The van der Waals surface area contributed by atoms with Gasteiger partial charge in [0.2, 0.25) is 5.13 Å². The molecule has 1 N–H and O–H groups in total. The van der Waals surface area contributed by atoms with Crippen LogP contribution in [0.3, 0.4) is 0 Å². The van der Waals surface area contributed by atoms with Crippen molar-refractivity contribution < 1.29 is 0 Å². The van der Waals surface area contributed by atoms with E-state index in [4.69, 9.17) is 4.98 Å². The molecule has 1 aliphatic carbocycles. The number of hydrogen-bond acceptors (Lipinski definition) is 5. The van der Waals surface area contributed by atoms with Gasteiger partial charge in [0.05, 0.1) is 0 Å². The molecule has 1 aromatic rings. The Labute approximate surface area is 113 Å². The van der Waals surface area contributed by atoms with Gasteiger partial charge in [-0.15, -0.1) is 0 Å². The monoisotopic (exact) mass is 266 g/mol. The SMILES string of the molecule is CNCCC1CCCCN1c1nc(C2CC2)ns1. The van der Waals surface area contributed by atoms with Crippen molar-refractivity contribution in [3.63, 3.8) is 0 Å². The molecule has 4 nitrogen and oxygen atoms in total. The lowest BCUT2D eigenvalue weighted by Gasteiger charge is -2.35. The Hall–Kier alpha value is -0.680. The van der Waals surface area contributed by atoms with Crippen molar-refractivity contribution in [3.05, 3.63) is 5.82 Å². The molecule has 1 unspecified atom stereocenters. The molecule has 3 rings (SSSR count). The molecule has 100 valence electrons. The van der Waals surface area contributed by atoms with Gasteiger partial charge in [0.1, 0.15) is 5.82 Å². The largest absolute Gasteiger partial charge is 0.344 e. The third-order valence-electron chi connectivity index (χ3n) is 3.97. The number of nitrogens with one attached hydrogen (secondary N) is 1. The Bertz CT molecular complexity index is 388. The summed E-state index contributed by atoms with van der Waals surface area (Å²) in [7, 11) is 2.03. The van der Waals surface area contributed by atoms with E-state index >= 15 is 0 Å². The van der Waals surface area contributed by atoms with Crippen LogP contribution in [-0.4, -0.2) is 35.5 Å². The Kier molecular flexibility index (Phi) is 3.80. The topological polar surface area (TPSA) is 41.0 Å². The molecule has 1 aliphatic heterocycles. The number of piperidine rings is 1. The van der Waals surface area contributed by atoms with Crippen molar-refractivity contribution in [1.29, 1.82) is 0 Å². The summed E-state index contributed by atoms with van der Waals surface area (Å²) in [5.41, 5.74) is 0. The van der Waals surface area contributed by atoms with E-state index in [0.717, 1.165) is 24.0 Å². The van der Waals surface area contributed by atoms with Gasteiger partial charge in [-0.25, -0.2) is 4.98 Å². The lowest BCUT2D eigenvalue weighted by molar-refractivity contribution is 0.432. The first kappa shape index (κ1) is 12.4. The molecule has 2 fully saturated rings. The fraction of sp³-hybridized carbons (Fsp3) is 0.846. The lowest BCUT2D eigenvalue weighted by atomic mass is 10.00. The maximum Gasteiger partial charge on any atom is 0.205 e. The Morgan fingerprint density at radius 3 is 3.00 bits per heavy atom. The molecule has 5 heteroatoms. The van der Waals surface area contributed by atoms with Crippen LogP contribution in [0.15, 0.2) is 0 Å². The molecule has 2 aliphatic rings. The first-order valence-corrected chi connectivity index (χ1v) is 7.90. The number of rotatable bonds is 5. The molecule has 1 saturated heterocycles. The first-order chi connectivity index (χ1) is 8.88. The highest BCUT2D eigenvalue weighted by Crippen LogP contribution is 2.40. The molecular formula is C13H22N4S. The van der Waals surface area contributed by atoms with Gasteiger partial charge in [0.15, 0.2) is 0 Å². The zero-order valence-electron chi connectivity index (χ0n) is 11.1. The predicted octanol–water partition coefficient (Wildman–Crippen LogP) is 2.38. The van der Waals surface area contributed by atoms with Crippen LogP contribution in [0, 0.1) is 0 Å². The second-order valence-corrected chi connectivity index (χ2v) is 6.17. The Morgan fingerprint density at radius 1 is 1.33 bits per heavy atom. The molecule has 1 aromatic heterocycles. The summed E-state index contributed by atoms with van der Waals surface area (Å²) in [5.74, 6) is 1.78. The van der Waals surface area contributed by atoms with Gasteiger partial charge >= 0.3 is 0 Å². The second-order valence-electron chi connectivity index (χ2n) is 5.44. The van der Waals surface area contributed by atoms with Crippen molar-refractivity contribution in [1.82, 2.24) is 14.7 Å². The summed E-state index contributed by atoms with van der Waals surface area (Å²) in [6, 6.07) is 0.659. The zero-order valence-corrected chi connectivity index (χ0v) is 11.9.